The zero-order valence-electron chi connectivity index (χ0n) is 8.40. The number of anilines is 1. The summed E-state index contributed by atoms with van der Waals surface area (Å²) in [6.07, 6.45) is 0. The van der Waals surface area contributed by atoms with Crippen LogP contribution in [0.15, 0.2) is 12.1 Å². The third-order valence-electron chi connectivity index (χ3n) is 1.96. The highest BCUT2D eigenvalue weighted by molar-refractivity contribution is 6.01. The molecular weight excluding hydrogens is 198 g/mol. The van der Waals surface area contributed by atoms with E-state index in [-0.39, 0.29) is 28.3 Å². The number of nitrogens with two attached hydrogens (primary N) is 1. The van der Waals surface area contributed by atoms with Gasteiger partial charge in [-0.3, -0.25) is 4.79 Å². The summed E-state index contributed by atoms with van der Waals surface area (Å²) >= 11 is 0. The Morgan fingerprint density at radius 3 is 2.40 bits per heavy atom. The van der Waals surface area contributed by atoms with E-state index in [9.17, 15) is 9.59 Å². The minimum Gasteiger partial charge on any atom is -0.494 e. The van der Waals surface area contributed by atoms with Gasteiger partial charge in [0.2, 0.25) is 0 Å². The largest absolute Gasteiger partial charge is 0.494 e. The number of rotatable bonds is 3. The number of aromatic carboxylic acids is 1. The van der Waals surface area contributed by atoms with E-state index in [1.54, 1.807) is 0 Å². The molecule has 0 atom stereocenters. The van der Waals surface area contributed by atoms with Gasteiger partial charge in [0.1, 0.15) is 5.56 Å². The van der Waals surface area contributed by atoms with Crippen molar-refractivity contribution in [3.05, 3.63) is 23.3 Å². The summed E-state index contributed by atoms with van der Waals surface area (Å²) in [6.45, 7) is 1.34. The first-order chi connectivity index (χ1) is 6.97. The monoisotopic (exact) mass is 209 g/mol. The maximum atomic E-state index is 11.1. The molecule has 0 spiro atoms. The maximum absolute atomic E-state index is 11.1. The van der Waals surface area contributed by atoms with Crippen molar-refractivity contribution in [3.8, 4) is 5.75 Å². The second-order valence-corrected chi connectivity index (χ2v) is 3.01. The summed E-state index contributed by atoms with van der Waals surface area (Å²) in [6, 6.07) is 2.65. The van der Waals surface area contributed by atoms with Crippen LogP contribution in [0, 0.1) is 0 Å². The molecule has 0 saturated carbocycles. The van der Waals surface area contributed by atoms with Gasteiger partial charge in [0.05, 0.1) is 12.8 Å². The van der Waals surface area contributed by atoms with Crippen LogP contribution in [0.2, 0.25) is 0 Å². The molecule has 0 aliphatic rings. The molecule has 3 N–H and O–H groups in total. The van der Waals surface area contributed by atoms with E-state index in [4.69, 9.17) is 15.6 Å². The molecule has 0 saturated heterocycles. The Hall–Kier alpha value is -2.04. The molecule has 0 heterocycles. The lowest BCUT2D eigenvalue weighted by atomic mass is 10.1. The van der Waals surface area contributed by atoms with Crippen LogP contribution in [0.5, 0.6) is 5.75 Å². The van der Waals surface area contributed by atoms with Gasteiger partial charge in [-0.2, -0.15) is 0 Å². The molecular formula is C10H11NO4. The normalized spacial score (nSPS) is 9.73. The lowest BCUT2D eigenvalue weighted by molar-refractivity contribution is 0.0693. The maximum Gasteiger partial charge on any atom is 0.339 e. The van der Waals surface area contributed by atoms with Gasteiger partial charge in [0, 0.05) is 5.56 Å². The van der Waals surface area contributed by atoms with E-state index >= 15 is 0 Å². The molecule has 5 heteroatoms. The Bertz CT molecular complexity index is 426. The fourth-order valence-corrected chi connectivity index (χ4v) is 1.24. The third-order valence-corrected chi connectivity index (χ3v) is 1.96. The van der Waals surface area contributed by atoms with Crippen molar-refractivity contribution in [3.63, 3.8) is 0 Å². The van der Waals surface area contributed by atoms with Crippen molar-refractivity contribution in [1.82, 2.24) is 0 Å². The first-order valence-corrected chi connectivity index (χ1v) is 4.19. The summed E-state index contributed by atoms with van der Waals surface area (Å²) < 4.78 is 4.86. The highest BCUT2D eigenvalue weighted by Gasteiger charge is 2.16. The van der Waals surface area contributed by atoms with Gasteiger partial charge in [0.15, 0.2) is 11.5 Å². The number of carboxylic acids is 1. The molecule has 0 fully saturated rings. The van der Waals surface area contributed by atoms with Crippen molar-refractivity contribution in [2.45, 2.75) is 6.92 Å². The number of carbonyl (C=O) groups excluding carboxylic acids is 1. The predicted octanol–water partition coefficient (Wildman–Crippen LogP) is 1.18. The molecule has 15 heavy (non-hydrogen) atoms. The summed E-state index contributed by atoms with van der Waals surface area (Å²) in [7, 11) is 1.32. The van der Waals surface area contributed by atoms with Gasteiger partial charge in [-0.1, -0.05) is 0 Å². The van der Waals surface area contributed by atoms with Crippen molar-refractivity contribution >= 4 is 17.4 Å². The van der Waals surface area contributed by atoms with E-state index in [2.05, 4.69) is 0 Å². The van der Waals surface area contributed by atoms with Gasteiger partial charge in [-0.25, -0.2) is 4.79 Å². The van der Waals surface area contributed by atoms with Crippen LogP contribution < -0.4 is 10.5 Å². The van der Waals surface area contributed by atoms with Crippen LogP contribution >= 0.6 is 0 Å². The van der Waals surface area contributed by atoms with Gasteiger partial charge < -0.3 is 15.6 Å². The van der Waals surface area contributed by atoms with Gasteiger partial charge in [-0.15, -0.1) is 0 Å². The van der Waals surface area contributed by atoms with E-state index < -0.39 is 5.97 Å². The lowest BCUT2D eigenvalue weighted by Gasteiger charge is -2.09. The standard InChI is InChI=1S/C10H11NO4/c1-5(12)6-3-7(10(13)14)9(15-2)8(11)4-6/h3-4H,11H2,1-2H3,(H,13,14). The molecule has 0 aromatic heterocycles. The first-order valence-electron chi connectivity index (χ1n) is 4.19. The van der Waals surface area contributed by atoms with Crippen molar-refractivity contribution in [2.24, 2.45) is 0 Å². The van der Waals surface area contributed by atoms with E-state index in [1.807, 2.05) is 0 Å². The van der Waals surface area contributed by atoms with Crippen LogP contribution in [0.25, 0.3) is 0 Å². The van der Waals surface area contributed by atoms with Crippen LogP contribution in [0.1, 0.15) is 27.6 Å². The molecule has 5 nitrogen and oxygen atoms in total. The summed E-state index contributed by atoms with van der Waals surface area (Å²) in [5, 5.41) is 8.88. The zero-order chi connectivity index (χ0) is 11.6. The Labute approximate surface area is 86.5 Å². The van der Waals surface area contributed by atoms with Crippen molar-refractivity contribution in [1.29, 1.82) is 0 Å². The fraction of sp³-hybridized carbons (Fsp3) is 0.200. The number of carbonyl (C=O) groups is 2. The number of nitrogen functional groups attached to an aromatic ring is 1. The second kappa shape index (κ2) is 4.00. The Morgan fingerprint density at radius 2 is 2.00 bits per heavy atom. The average Bonchev–Trinajstić information content (AvgIpc) is 2.16. The fourth-order valence-electron chi connectivity index (χ4n) is 1.24. The van der Waals surface area contributed by atoms with Crippen molar-refractivity contribution in [2.75, 3.05) is 12.8 Å². The number of benzene rings is 1. The first kappa shape index (κ1) is 11.0. The molecule has 0 aliphatic heterocycles. The minimum atomic E-state index is -1.18. The van der Waals surface area contributed by atoms with Gasteiger partial charge in [0.25, 0.3) is 0 Å². The SMILES string of the molecule is COc1c(N)cc(C(C)=O)cc1C(=O)O. The van der Waals surface area contributed by atoms with Crippen molar-refractivity contribution < 1.29 is 19.4 Å². The molecule has 80 valence electrons. The number of hydrogen-bond acceptors (Lipinski definition) is 4. The average molecular weight is 209 g/mol. The molecule has 1 aromatic carbocycles. The number of ketones is 1. The topological polar surface area (TPSA) is 89.6 Å². The van der Waals surface area contributed by atoms with Gasteiger partial charge >= 0.3 is 5.97 Å². The highest BCUT2D eigenvalue weighted by atomic mass is 16.5. The van der Waals surface area contributed by atoms with E-state index in [1.165, 1.54) is 26.2 Å². The van der Waals surface area contributed by atoms with E-state index in [0.29, 0.717) is 0 Å². The molecule has 0 amide bonds. The Balaban J connectivity index is 3.45. The second-order valence-electron chi connectivity index (χ2n) is 3.01. The number of hydrogen-bond donors (Lipinski definition) is 2. The lowest BCUT2D eigenvalue weighted by Crippen LogP contribution is -2.06. The highest BCUT2D eigenvalue weighted by Crippen LogP contribution is 2.28. The van der Waals surface area contributed by atoms with Crippen LogP contribution in [-0.2, 0) is 0 Å². The Morgan fingerprint density at radius 1 is 1.40 bits per heavy atom. The molecule has 0 unspecified atom stereocenters. The number of carboxylic acid groups (broad SMARTS) is 1. The molecule has 0 bridgehead atoms. The molecule has 0 radical (unpaired) electrons. The molecule has 1 rings (SSSR count). The van der Waals surface area contributed by atoms with Crippen LogP contribution in [0.3, 0.4) is 0 Å². The number of ether oxygens (including phenoxy) is 1. The van der Waals surface area contributed by atoms with Crippen LogP contribution in [-0.4, -0.2) is 24.0 Å². The number of Topliss-reactive ketones (excluding diaryl/α,β-unsaturated/α-hetero) is 1. The van der Waals surface area contributed by atoms with Gasteiger partial charge in [-0.05, 0) is 19.1 Å². The smallest absolute Gasteiger partial charge is 0.339 e. The summed E-state index contributed by atoms with van der Waals surface area (Å²) in [4.78, 5) is 21.9. The van der Waals surface area contributed by atoms with Crippen LogP contribution in [0.4, 0.5) is 5.69 Å². The minimum absolute atomic E-state index is 0.0764. The Kier molecular flexibility index (Phi) is 2.94. The van der Waals surface area contributed by atoms with E-state index in [0.717, 1.165) is 0 Å². The molecule has 1 aromatic rings. The third kappa shape index (κ3) is 2.07. The number of methoxy groups -OCH3 is 1. The molecule has 0 aliphatic carbocycles. The zero-order valence-corrected chi connectivity index (χ0v) is 8.40. The quantitative estimate of drug-likeness (QED) is 0.576. The summed E-state index contributed by atoms with van der Waals surface area (Å²) in [5.41, 5.74) is 5.86. The predicted molar refractivity (Wildman–Crippen MR) is 54.4 cm³/mol. The summed E-state index contributed by atoms with van der Waals surface area (Å²) in [5.74, 6) is -1.35.